The van der Waals surface area contributed by atoms with Crippen LogP contribution in [0.3, 0.4) is 0 Å². The van der Waals surface area contributed by atoms with Crippen molar-refractivity contribution in [3.63, 3.8) is 0 Å². The number of alkyl halides is 3. The van der Waals surface area contributed by atoms with Crippen molar-refractivity contribution in [2.75, 3.05) is 0 Å². The first kappa shape index (κ1) is 14.2. The van der Waals surface area contributed by atoms with E-state index in [1.807, 2.05) is 0 Å². The van der Waals surface area contributed by atoms with E-state index in [0.29, 0.717) is 9.90 Å². The zero-order valence-corrected chi connectivity index (χ0v) is 11.4. The number of halogens is 3. The molecule has 0 aromatic carbocycles. The monoisotopic (exact) mass is 306 g/mol. The molecule has 102 valence electrons. The van der Waals surface area contributed by atoms with E-state index in [0.717, 1.165) is 22.8 Å². The molecule has 0 saturated heterocycles. The lowest BCUT2D eigenvalue weighted by atomic mass is 10.2. The highest BCUT2D eigenvalue weighted by Gasteiger charge is 2.33. The molecule has 0 spiro atoms. The van der Waals surface area contributed by atoms with Crippen molar-refractivity contribution < 1.29 is 13.2 Å². The van der Waals surface area contributed by atoms with Crippen molar-refractivity contribution in [3.05, 3.63) is 28.4 Å². The summed E-state index contributed by atoms with van der Waals surface area (Å²) in [5, 5.41) is 8.61. The highest BCUT2D eigenvalue weighted by Crippen LogP contribution is 2.34. The molecule has 2 heterocycles. The fraction of sp³-hybridized carbons (Fsp3) is 0.300. The maximum Gasteiger partial charge on any atom is 0.433 e. The third-order valence-corrected chi connectivity index (χ3v) is 4.08. The smallest absolute Gasteiger partial charge is 0.326 e. The van der Waals surface area contributed by atoms with Gasteiger partial charge in [0.2, 0.25) is 0 Å². The lowest BCUT2D eigenvalue weighted by Gasteiger charge is -2.09. The van der Waals surface area contributed by atoms with Gasteiger partial charge in [-0.2, -0.15) is 13.2 Å². The third kappa shape index (κ3) is 3.43. The van der Waals surface area contributed by atoms with E-state index in [1.54, 1.807) is 6.92 Å². The summed E-state index contributed by atoms with van der Waals surface area (Å²) in [5.74, 6) is 0. The van der Waals surface area contributed by atoms with Crippen molar-refractivity contribution in [2.45, 2.75) is 29.0 Å². The van der Waals surface area contributed by atoms with Crippen LogP contribution in [0.4, 0.5) is 13.2 Å². The maximum absolute atomic E-state index is 12.6. The summed E-state index contributed by atoms with van der Waals surface area (Å²) in [7, 11) is 0. The number of hydrogen-bond donors (Lipinski definition) is 1. The molecular formula is C10H9F3N4S2. The lowest BCUT2D eigenvalue weighted by Crippen LogP contribution is -2.10. The molecule has 0 aliphatic carbocycles. The number of hydrogen-bond acceptors (Lipinski definition) is 6. The minimum absolute atomic E-state index is 0.116. The third-order valence-electron chi connectivity index (χ3n) is 2.14. The van der Waals surface area contributed by atoms with E-state index in [9.17, 15) is 13.2 Å². The van der Waals surface area contributed by atoms with E-state index in [4.69, 9.17) is 5.73 Å². The minimum atomic E-state index is -4.47. The Hall–Kier alpha value is -1.19. The van der Waals surface area contributed by atoms with Gasteiger partial charge in [0.15, 0.2) is 4.34 Å². The van der Waals surface area contributed by atoms with Crippen molar-refractivity contribution in [3.8, 4) is 0 Å². The molecule has 0 atom stereocenters. The summed E-state index contributed by atoms with van der Waals surface area (Å²) in [6.07, 6.45) is -4.47. The SMILES string of the molecule is Cc1nnc(Sc2nc(C(F)(F)F)ccc2CN)s1. The average molecular weight is 306 g/mol. The summed E-state index contributed by atoms with van der Waals surface area (Å²) in [5.41, 5.74) is 5.11. The van der Waals surface area contributed by atoms with Crippen LogP contribution >= 0.6 is 23.1 Å². The molecule has 2 aromatic heterocycles. The first-order chi connectivity index (χ1) is 8.90. The topological polar surface area (TPSA) is 64.7 Å². The number of nitrogens with zero attached hydrogens (tertiary/aromatic N) is 3. The predicted octanol–water partition coefficient (Wildman–Crippen LogP) is 2.87. The minimum Gasteiger partial charge on any atom is -0.326 e. The molecule has 0 aliphatic heterocycles. The molecule has 0 bridgehead atoms. The van der Waals surface area contributed by atoms with Gasteiger partial charge in [-0.15, -0.1) is 10.2 Å². The molecule has 19 heavy (non-hydrogen) atoms. The van der Waals surface area contributed by atoms with Crippen molar-refractivity contribution in [1.82, 2.24) is 15.2 Å². The van der Waals surface area contributed by atoms with E-state index >= 15 is 0 Å². The molecular weight excluding hydrogens is 297 g/mol. The van der Waals surface area contributed by atoms with Crippen LogP contribution in [0.25, 0.3) is 0 Å². The quantitative estimate of drug-likeness (QED) is 0.944. The summed E-state index contributed by atoms with van der Waals surface area (Å²) in [6, 6.07) is 2.27. The van der Waals surface area contributed by atoms with E-state index < -0.39 is 11.9 Å². The number of aromatic nitrogens is 3. The molecule has 0 amide bonds. The number of rotatable bonds is 3. The van der Waals surface area contributed by atoms with Crippen LogP contribution in [-0.4, -0.2) is 15.2 Å². The predicted molar refractivity (Wildman–Crippen MR) is 65.9 cm³/mol. The lowest BCUT2D eigenvalue weighted by molar-refractivity contribution is -0.141. The van der Waals surface area contributed by atoms with Gasteiger partial charge in [-0.3, -0.25) is 0 Å². The Morgan fingerprint density at radius 1 is 1.32 bits per heavy atom. The van der Waals surface area contributed by atoms with E-state index in [1.165, 1.54) is 17.4 Å². The Kier molecular flexibility index (Phi) is 4.07. The van der Waals surface area contributed by atoms with Crippen LogP contribution in [0.5, 0.6) is 0 Å². The van der Waals surface area contributed by atoms with Gasteiger partial charge in [0.25, 0.3) is 0 Å². The molecule has 0 aliphatic rings. The second-order valence-corrected chi connectivity index (χ2v) is 5.97. The second-order valence-electron chi connectivity index (χ2n) is 3.55. The Bertz CT molecular complexity index is 582. The summed E-state index contributed by atoms with van der Waals surface area (Å²) in [4.78, 5) is 3.62. The van der Waals surface area contributed by atoms with Gasteiger partial charge in [-0.25, -0.2) is 4.98 Å². The Balaban J connectivity index is 2.36. The molecule has 9 heteroatoms. The van der Waals surface area contributed by atoms with Crippen LogP contribution < -0.4 is 5.73 Å². The van der Waals surface area contributed by atoms with Gasteiger partial charge in [0.1, 0.15) is 15.7 Å². The first-order valence-corrected chi connectivity index (χ1v) is 6.78. The zero-order chi connectivity index (χ0) is 14.0. The maximum atomic E-state index is 12.6. The molecule has 2 aromatic rings. The largest absolute Gasteiger partial charge is 0.433 e. The molecule has 0 saturated carbocycles. The number of pyridine rings is 1. The standard InChI is InChI=1S/C10H9F3N4S2/c1-5-16-17-9(18-5)19-8-6(4-14)2-3-7(15-8)10(11,12)13/h2-3H,4,14H2,1H3. The molecule has 2 rings (SSSR count). The normalized spacial score (nSPS) is 11.8. The van der Waals surface area contributed by atoms with Gasteiger partial charge < -0.3 is 5.73 Å². The molecule has 0 unspecified atom stereocenters. The van der Waals surface area contributed by atoms with E-state index in [-0.39, 0.29) is 11.6 Å². The summed E-state index contributed by atoms with van der Waals surface area (Å²) < 4.78 is 38.4. The van der Waals surface area contributed by atoms with Crippen LogP contribution in [0.1, 0.15) is 16.3 Å². The van der Waals surface area contributed by atoms with Crippen LogP contribution in [0.15, 0.2) is 21.5 Å². The summed E-state index contributed by atoms with van der Waals surface area (Å²) in [6.45, 7) is 1.89. The first-order valence-electron chi connectivity index (χ1n) is 5.15. The molecule has 2 N–H and O–H groups in total. The van der Waals surface area contributed by atoms with Gasteiger partial charge >= 0.3 is 6.18 Å². The zero-order valence-electron chi connectivity index (χ0n) is 9.73. The van der Waals surface area contributed by atoms with Crippen molar-refractivity contribution in [2.24, 2.45) is 5.73 Å². The average Bonchev–Trinajstić information content (AvgIpc) is 2.73. The fourth-order valence-corrected chi connectivity index (χ4v) is 3.13. The van der Waals surface area contributed by atoms with Gasteiger partial charge in [-0.1, -0.05) is 17.4 Å². The van der Waals surface area contributed by atoms with Crippen molar-refractivity contribution in [1.29, 1.82) is 0 Å². The number of nitrogens with two attached hydrogens (primary N) is 1. The second kappa shape index (κ2) is 5.43. The fourth-order valence-electron chi connectivity index (χ4n) is 1.27. The van der Waals surface area contributed by atoms with Crippen molar-refractivity contribution >= 4 is 23.1 Å². The Labute approximate surface area is 115 Å². The molecule has 0 radical (unpaired) electrons. The molecule has 4 nitrogen and oxygen atoms in total. The molecule has 0 fully saturated rings. The summed E-state index contributed by atoms with van der Waals surface area (Å²) >= 11 is 2.34. The van der Waals surface area contributed by atoms with Gasteiger partial charge in [0, 0.05) is 6.54 Å². The van der Waals surface area contributed by atoms with E-state index in [2.05, 4.69) is 15.2 Å². The van der Waals surface area contributed by atoms with Gasteiger partial charge in [0.05, 0.1) is 0 Å². The highest BCUT2D eigenvalue weighted by atomic mass is 32.2. The van der Waals surface area contributed by atoms with Crippen LogP contribution in [-0.2, 0) is 12.7 Å². The van der Waals surface area contributed by atoms with Crippen LogP contribution in [0.2, 0.25) is 0 Å². The van der Waals surface area contributed by atoms with Crippen LogP contribution in [0, 0.1) is 6.92 Å². The number of aryl methyl sites for hydroxylation is 1. The Morgan fingerprint density at radius 2 is 2.05 bits per heavy atom. The van der Waals surface area contributed by atoms with Gasteiger partial charge in [-0.05, 0) is 30.3 Å². The Morgan fingerprint density at radius 3 is 2.58 bits per heavy atom. The highest BCUT2D eigenvalue weighted by molar-refractivity contribution is 8.01.